The van der Waals surface area contributed by atoms with E-state index in [1.165, 1.54) is 0 Å². The zero-order valence-electron chi connectivity index (χ0n) is 13.3. The van der Waals surface area contributed by atoms with Crippen molar-refractivity contribution in [3.63, 3.8) is 0 Å². The van der Waals surface area contributed by atoms with Gasteiger partial charge >= 0.3 is 0 Å². The molecule has 5 heteroatoms. The van der Waals surface area contributed by atoms with E-state index in [4.69, 9.17) is 23.2 Å². The first-order chi connectivity index (χ1) is 10.9. The summed E-state index contributed by atoms with van der Waals surface area (Å²) in [5.41, 5.74) is 1.56. The summed E-state index contributed by atoms with van der Waals surface area (Å²) in [7, 11) is 0. The Labute approximate surface area is 147 Å². The predicted octanol–water partition coefficient (Wildman–Crippen LogP) is 4.42. The van der Waals surface area contributed by atoms with Gasteiger partial charge in [-0.1, -0.05) is 49.2 Å². The summed E-state index contributed by atoms with van der Waals surface area (Å²) in [6.45, 7) is 4.51. The predicted molar refractivity (Wildman–Crippen MR) is 95.1 cm³/mol. The Hall–Kier alpha value is -1.58. The number of aryl methyl sites for hydroxylation is 1. The molecular formula is C18H20Cl2N2O. The molecule has 0 atom stereocenters. The molecule has 0 saturated heterocycles. The Bertz CT molecular complexity index is 652. The maximum atomic E-state index is 12.1. The average molecular weight is 351 g/mol. The number of rotatable bonds is 6. The fourth-order valence-corrected chi connectivity index (χ4v) is 3.35. The van der Waals surface area contributed by atoms with Crippen LogP contribution >= 0.6 is 23.2 Å². The van der Waals surface area contributed by atoms with Gasteiger partial charge in [-0.25, -0.2) is 0 Å². The van der Waals surface area contributed by atoms with Crippen LogP contribution in [0.5, 0.6) is 0 Å². The number of aromatic nitrogens is 1. The molecule has 3 nitrogen and oxygen atoms in total. The van der Waals surface area contributed by atoms with Gasteiger partial charge in [0, 0.05) is 40.8 Å². The SMILES string of the molecule is CC(C)(CNC(=O)CCc1cccnc1)c1c(Cl)cccc1Cl. The first kappa shape index (κ1) is 17.8. The second kappa shape index (κ2) is 7.80. The van der Waals surface area contributed by atoms with Crippen molar-refractivity contribution in [2.24, 2.45) is 0 Å². The van der Waals surface area contributed by atoms with Gasteiger partial charge in [0.2, 0.25) is 5.91 Å². The lowest BCUT2D eigenvalue weighted by Crippen LogP contribution is -2.37. The fourth-order valence-electron chi connectivity index (χ4n) is 2.44. The van der Waals surface area contributed by atoms with Crippen molar-refractivity contribution in [3.8, 4) is 0 Å². The highest BCUT2D eigenvalue weighted by atomic mass is 35.5. The van der Waals surface area contributed by atoms with Crippen LogP contribution in [0.1, 0.15) is 31.4 Å². The molecule has 1 aromatic carbocycles. The molecule has 0 spiro atoms. The minimum absolute atomic E-state index is 0.00473. The molecular weight excluding hydrogens is 331 g/mol. The molecule has 0 unspecified atom stereocenters. The Morgan fingerprint density at radius 1 is 1.17 bits per heavy atom. The molecule has 0 radical (unpaired) electrons. The number of nitrogens with one attached hydrogen (secondary N) is 1. The number of carbonyl (C=O) groups is 1. The van der Waals surface area contributed by atoms with Crippen LogP contribution in [0, 0.1) is 0 Å². The Balaban J connectivity index is 1.92. The van der Waals surface area contributed by atoms with Crippen LogP contribution < -0.4 is 5.32 Å². The van der Waals surface area contributed by atoms with Crippen LogP contribution in [-0.4, -0.2) is 17.4 Å². The lowest BCUT2D eigenvalue weighted by atomic mass is 9.84. The van der Waals surface area contributed by atoms with Gasteiger partial charge in [-0.15, -0.1) is 0 Å². The maximum Gasteiger partial charge on any atom is 0.220 e. The molecule has 0 saturated carbocycles. The molecule has 23 heavy (non-hydrogen) atoms. The molecule has 0 aliphatic rings. The van der Waals surface area contributed by atoms with Gasteiger partial charge in [0.05, 0.1) is 0 Å². The summed E-state index contributed by atoms with van der Waals surface area (Å²) in [6, 6.07) is 9.28. The minimum Gasteiger partial charge on any atom is -0.355 e. The van der Waals surface area contributed by atoms with Gasteiger partial charge in [-0.3, -0.25) is 9.78 Å². The Morgan fingerprint density at radius 2 is 1.87 bits per heavy atom. The van der Waals surface area contributed by atoms with Crippen molar-refractivity contribution in [1.29, 1.82) is 0 Å². The first-order valence-corrected chi connectivity index (χ1v) is 8.26. The number of carbonyl (C=O) groups excluding carboxylic acids is 1. The third-order valence-electron chi connectivity index (χ3n) is 3.73. The molecule has 1 aromatic heterocycles. The van der Waals surface area contributed by atoms with Crippen LogP contribution in [0.25, 0.3) is 0 Å². The normalized spacial score (nSPS) is 11.3. The molecule has 2 aromatic rings. The number of hydrogen-bond acceptors (Lipinski definition) is 2. The van der Waals surface area contributed by atoms with Gasteiger partial charge in [0.1, 0.15) is 0 Å². The topological polar surface area (TPSA) is 42.0 Å². The molecule has 1 amide bonds. The van der Waals surface area contributed by atoms with Crippen molar-refractivity contribution >= 4 is 29.1 Å². The zero-order chi connectivity index (χ0) is 16.9. The van der Waals surface area contributed by atoms with Crippen LogP contribution in [0.2, 0.25) is 10.0 Å². The van der Waals surface area contributed by atoms with Crippen LogP contribution in [0.15, 0.2) is 42.7 Å². The molecule has 0 aliphatic heterocycles. The third-order valence-corrected chi connectivity index (χ3v) is 4.36. The summed E-state index contributed by atoms with van der Waals surface area (Å²) in [5, 5.41) is 4.20. The summed E-state index contributed by atoms with van der Waals surface area (Å²) >= 11 is 12.5. The summed E-state index contributed by atoms with van der Waals surface area (Å²) < 4.78 is 0. The lowest BCUT2D eigenvalue weighted by molar-refractivity contribution is -0.121. The highest BCUT2D eigenvalue weighted by molar-refractivity contribution is 6.36. The van der Waals surface area contributed by atoms with E-state index in [-0.39, 0.29) is 11.3 Å². The van der Waals surface area contributed by atoms with E-state index < -0.39 is 0 Å². The largest absolute Gasteiger partial charge is 0.355 e. The average Bonchev–Trinajstić information content (AvgIpc) is 2.51. The Kier molecular flexibility index (Phi) is 6.03. The third kappa shape index (κ3) is 4.95. The van der Waals surface area contributed by atoms with Crippen molar-refractivity contribution in [1.82, 2.24) is 10.3 Å². The first-order valence-electron chi connectivity index (χ1n) is 7.50. The zero-order valence-corrected chi connectivity index (χ0v) is 14.8. The highest BCUT2D eigenvalue weighted by Gasteiger charge is 2.26. The van der Waals surface area contributed by atoms with E-state index in [2.05, 4.69) is 10.3 Å². The van der Waals surface area contributed by atoms with Crippen molar-refractivity contribution in [3.05, 3.63) is 63.9 Å². The number of nitrogens with zero attached hydrogens (tertiary/aromatic N) is 1. The number of pyridine rings is 1. The van der Waals surface area contributed by atoms with E-state index >= 15 is 0 Å². The lowest BCUT2D eigenvalue weighted by Gasteiger charge is -2.27. The van der Waals surface area contributed by atoms with Gasteiger partial charge < -0.3 is 5.32 Å². The second-order valence-electron chi connectivity index (χ2n) is 6.12. The molecule has 0 bridgehead atoms. The fraction of sp³-hybridized carbons (Fsp3) is 0.333. The molecule has 1 N–H and O–H groups in total. The van der Waals surface area contributed by atoms with E-state index in [0.717, 1.165) is 11.1 Å². The van der Waals surface area contributed by atoms with Crippen molar-refractivity contribution in [2.45, 2.75) is 32.1 Å². The summed E-state index contributed by atoms with van der Waals surface area (Å²) in [6.07, 6.45) is 4.60. The van der Waals surface area contributed by atoms with E-state index in [1.54, 1.807) is 12.4 Å². The van der Waals surface area contributed by atoms with Gasteiger partial charge in [0.25, 0.3) is 0 Å². The molecule has 0 aliphatic carbocycles. The Morgan fingerprint density at radius 3 is 2.48 bits per heavy atom. The number of hydrogen-bond donors (Lipinski definition) is 1. The monoisotopic (exact) mass is 350 g/mol. The summed E-state index contributed by atoms with van der Waals surface area (Å²) in [4.78, 5) is 16.1. The van der Waals surface area contributed by atoms with E-state index in [0.29, 0.717) is 29.4 Å². The van der Waals surface area contributed by atoms with Gasteiger partial charge in [-0.2, -0.15) is 0 Å². The second-order valence-corrected chi connectivity index (χ2v) is 6.93. The van der Waals surface area contributed by atoms with Crippen molar-refractivity contribution in [2.75, 3.05) is 6.54 Å². The van der Waals surface area contributed by atoms with E-state index in [1.807, 2.05) is 44.2 Å². The standard InChI is InChI=1S/C18H20Cl2N2O/c1-18(2,17-14(19)6-3-7-15(17)20)12-22-16(23)9-8-13-5-4-10-21-11-13/h3-7,10-11H,8-9,12H2,1-2H3,(H,22,23). The number of amides is 1. The molecule has 122 valence electrons. The smallest absolute Gasteiger partial charge is 0.220 e. The molecule has 1 heterocycles. The van der Waals surface area contributed by atoms with Crippen LogP contribution in [0.4, 0.5) is 0 Å². The minimum atomic E-state index is -0.348. The molecule has 0 fully saturated rings. The van der Waals surface area contributed by atoms with Crippen LogP contribution in [-0.2, 0) is 16.6 Å². The maximum absolute atomic E-state index is 12.1. The number of halogens is 2. The quantitative estimate of drug-likeness (QED) is 0.837. The van der Waals surface area contributed by atoms with Crippen LogP contribution in [0.3, 0.4) is 0 Å². The molecule has 2 rings (SSSR count). The highest BCUT2D eigenvalue weighted by Crippen LogP contribution is 2.35. The van der Waals surface area contributed by atoms with Gasteiger partial charge in [0.15, 0.2) is 0 Å². The van der Waals surface area contributed by atoms with E-state index in [9.17, 15) is 4.79 Å². The van der Waals surface area contributed by atoms with Gasteiger partial charge in [-0.05, 0) is 35.7 Å². The summed E-state index contributed by atoms with van der Waals surface area (Å²) in [5.74, 6) is 0.00473. The number of benzene rings is 1. The van der Waals surface area contributed by atoms with Crippen molar-refractivity contribution < 1.29 is 4.79 Å².